The average molecular weight is 941 g/mol. The summed E-state index contributed by atoms with van der Waals surface area (Å²) in [5.41, 5.74) is 0. The third-order valence-electron chi connectivity index (χ3n) is 11.2. The van der Waals surface area contributed by atoms with Crippen LogP contribution in [0.25, 0.3) is 0 Å². The maximum Gasteiger partial charge on any atom is 0.306 e. The van der Waals surface area contributed by atoms with E-state index in [9.17, 15) is 14.4 Å². The van der Waals surface area contributed by atoms with Crippen LogP contribution in [0, 0.1) is 0 Å². The number of carbonyl (C=O) groups excluding carboxylic acids is 3. The van der Waals surface area contributed by atoms with Crippen LogP contribution in [-0.2, 0) is 28.6 Å². The predicted molar refractivity (Wildman–Crippen MR) is 293 cm³/mol. The summed E-state index contributed by atoms with van der Waals surface area (Å²) in [6.07, 6.45) is 76.3. The van der Waals surface area contributed by atoms with Crippen LogP contribution in [0.4, 0.5) is 0 Å². The normalized spacial score (nSPS) is 13.0. The van der Waals surface area contributed by atoms with Gasteiger partial charge in [-0.25, -0.2) is 0 Å². The number of hydrogen-bond acceptors (Lipinski definition) is 6. The summed E-state index contributed by atoms with van der Waals surface area (Å²) in [5, 5.41) is 0. The van der Waals surface area contributed by atoms with Crippen molar-refractivity contribution in [2.24, 2.45) is 0 Å². The zero-order valence-corrected chi connectivity index (χ0v) is 43.8. The first-order chi connectivity index (χ1) is 33.5. The third kappa shape index (κ3) is 52.8. The van der Waals surface area contributed by atoms with Crippen LogP contribution in [0.1, 0.15) is 233 Å². The second kappa shape index (κ2) is 55.4. The molecule has 384 valence electrons. The van der Waals surface area contributed by atoms with Crippen LogP contribution in [0.2, 0.25) is 0 Å². The number of ether oxygens (including phenoxy) is 3. The molecule has 0 aromatic rings. The number of esters is 3. The van der Waals surface area contributed by atoms with Gasteiger partial charge in [-0.15, -0.1) is 0 Å². The van der Waals surface area contributed by atoms with Crippen molar-refractivity contribution >= 4 is 17.9 Å². The van der Waals surface area contributed by atoms with Crippen molar-refractivity contribution in [2.45, 2.75) is 239 Å². The molecule has 1 atom stereocenters. The molecule has 0 amide bonds. The largest absolute Gasteiger partial charge is 0.462 e. The maximum atomic E-state index is 12.8. The second-order valence-corrected chi connectivity index (χ2v) is 17.8. The molecule has 0 heterocycles. The Balaban J connectivity index is 4.35. The van der Waals surface area contributed by atoms with Gasteiger partial charge in [0.2, 0.25) is 0 Å². The molecule has 6 nitrogen and oxygen atoms in total. The smallest absolute Gasteiger partial charge is 0.306 e. The molecule has 0 radical (unpaired) electrons. The van der Waals surface area contributed by atoms with E-state index in [1.807, 2.05) is 0 Å². The van der Waals surface area contributed by atoms with Gasteiger partial charge in [-0.3, -0.25) is 14.4 Å². The zero-order valence-electron chi connectivity index (χ0n) is 43.8. The molecule has 0 saturated carbocycles. The Labute approximate surface area is 418 Å². The predicted octanol–water partition coefficient (Wildman–Crippen LogP) is 18.5. The Hall–Kier alpha value is -4.19. The fraction of sp³-hybridized carbons (Fsp3) is 0.629. The summed E-state index contributed by atoms with van der Waals surface area (Å²) in [6, 6.07) is 0. The molecule has 0 rings (SSSR count). The molecule has 0 saturated heterocycles. The molecule has 68 heavy (non-hydrogen) atoms. The van der Waals surface area contributed by atoms with Gasteiger partial charge in [0.25, 0.3) is 0 Å². The lowest BCUT2D eigenvalue weighted by Crippen LogP contribution is -2.30. The Morgan fingerprint density at radius 2 is 0.618 bits per heavy atom. The van der Waals surface area contributed by atoms with E-state index in [2.05, 4.69) is 142 Å². The van der Waals surface area contributed by atoms with Crippen LogP contribution < -0.4 is 0 Å². The van der Waals surface area contributed by atoms with Crippen molar-refractivity contribution in [3.8, 4) is 0 Å². The first kappa shape index (κ1) is 63.8. The highest BCUT2D eigenvalue weighted by atomic mass is 16.6. The molecule has 0 N–H and O–H groups in total. The summed E-state index contributed by atoms with van der Waals surface area (Å²) >= 11 is 0. The summed E-state index contributed by atoms with van der Waals surface area (Å²) in [5.74, 6) is -0.980. The fourth-order valence-electron chi connectivity index (χ4n) is 7.09. The molecule has 0 aromatic heterocycles. The van der Waals surface area contributed by atoms with Crippen LogP contribution >= 0.6 is 0 Å². The van der Waals surface area contributed by atoms with Crippen LogP contribution in [0.5, 0.6) is 0 Å². The lowest BCUT2D eigenvalue weighted by molar-refractivity contribution is -0.167. The summed E-state index contributed by atoms with van der Waals surface area (Å²) in [7, 11) is 0. The van der Waals surface area contributed by atoms with E-state index in [0.717, 1.165) is 122 Å². The number of carbonyl (C=O) groups is 3. The number of allylic oxidation sites excluding steroid dienone is 20. The minimum atomic E-state index is -0.804. The van der Waals surface area contributed by atoms with Crippen LogP contribution in [-0.4, -0.2) is 37.2 Å². The van der Waals surface area contributed by atoms with Gasteiger partial charge < -0.3 is 14.2 Å². The Bertz CT molecular complexity index is 1450. The monoisotopic (exact) mass is 941 g/mol. The van der Waals surface area contributed by atoms with Gasteiger partial charge in [-0.1, -0.05) is 232 Å². The molecule has 0 aromatic carbocycles. The van der Waals surface area contributed by atoms with E-state index >= 15 is 0 Å². The molecule has 0 fully saturated rings. The van der Waals surface area contributed by atoms with E-state index < -0.39 is 6.10 Å². The quantitative estimate of drug-likeness (QED) is 0.0262. The van der Waals surface area contributed by atoms with Crippen LogP contribution in [0.15, 0.2) is 122 Å². The van der Waals surface area contributed by atoms with Gasteiger partial charge >= 0.3 is 17.9 Å². The van der Waals surface area contributed by atoms with E-state index in [0.29, 0.717) is 19.3 Å². The minimum absolute atomic E-state index is 0.101. The average Bonchev–Trinajstić information content (AvgIpc) is 3.34. The van der Waals surface area contributed by atoms with Gasteiger partial charge in [-0.05, 0) is 103 Å². The molecule has 6 heteroatoms. The highest BCUT2D eigenvalue weighted by molar-refractivity contribution is 5.71. The van der Waals surface area contributed by atoms with Gasteiger partial charge in [0, 0.05) is 19.3 Å². The van der Waals surface area contributed by atoms with Crippen molar-refractivity contribution in [2.75, 3.05) is 13.2 Å². The lowest BCUT2D eigenvalue weighted by Gasteiger charge is -2.18. The van der Waals surface area contributed by atoms with Crippen molar-refractivity contribution in [1.29, 1.82) is 0 Å². The number of unbranched alkanes of at least 4 members (excludes halogenated alkanes) is 17. The van der Waals surface area contributed by atoms with Gasteiger partial charge in [-0.2, -0.15) is 0 Å². The van der Waals surface area contributed by atoms with Crippen molar-refractivity contribution in [3.63, 3.8) is 0 Å². The first-order valence-corrected chi connectivity index (χ1v) is 27.5. The summed E-state index contributed by atoms with van der Waals surface area (Å²) in [6.45, 7) is 6.38. The highest BCUT2D eigenvalue weighted by Gasteiger charge is 2.19. The van der Waals surface area contributed by atoms with E-state index in [4.69, 9.17) is 14.2 Å². The molecular weight excluding hydrogens is 841 g/mol. The van der Waals surface area contributed by atoms with Crippen LogP contribution in [0.3, 0.4) is 0 Å². The van der Waals surface area contributed by atoms with E-state index in [-0.39, 0.29) is 37.5 Å². The molecule has 0 bridgehead atoms. The standard InChI is InChI=1S/C62H100O6/c1-4-7-10-13-16-19-22-23-24-25-26-27-28-29-30-31-32-33-34-35-36-37-38-39-41-43-46-49-52-55-61(64)67-58-59(57-66-60(63)54-51-48-45-42-21-18-15-12-9-6-3)68-62(65)56-53-50-47-44-40-20-17-14-11-8-5-2/h7,10,12,15-16,19,23-24,26-27,29-30,32-33,35-36,38-39,43,46,59H,4-6,8-9,11,13-14,17-18,20-22,25,28,31,34,37,40-42,44-45,47-58H2,1-3H3/b10-7-,15-12-,19-16-,24-23-,27-26-,30-29-,33-32-,36-35-,39-38-,46-43-. The SMILES string of the molecule is CC/C=C\C/C=C\C/C=C\C/C=C\C/C=C\C/C=C\C/C=C\C/C=C\C/C=C\CCCC(=O)OCC(COC(=O)CCCCCCC/C=C\CCC)OC(=O)CCCCCCCCCCCCC. The molecule has 1 unspecified atom stereocenters. The van der Waals surface area contributed by atoms with Gasteiger partial charge in [0.05, 0.1) is 0 Å². The molecule has 0 spiro atoms. The topological polar surface area (TPSA) is 78.9 Å². The fourth-order valence-corrected chi connectivity index (χ4v) is 7.09. The second-order valence-electron chi connectivity index (χ2n) is 17.8. The third-order valence-corrected chi connectivity index (χ3v) is 11.2. The van der Waals surface area contributed by atoms with E-state index in [1.54, 1.807) is 0 Å². The van der Waals surface area contributed by atoms with Crippen molar-refractivity contribution < 1.29 is 28.6 Å². The lowest BCUT2D eigenvalue weighted by atomic mass is 10.1. The summed E-state index contributed by atoms with van der Waals surface area (Å²) < 4.78 is 16.7. The molecular formula is C62H100O6. The first-order valence-electron chi connectivity index (χ1n) is 27.5. The number of hydrogen-bond donors (Lipinski definition) is 0. The molecule has 0 aliphatic heterocycles. The zero-order chi connectivity index (χ0) is 49.3. The molecule has 0 aliphatic carbocycles. The highest BCUT2D eigenvalue weighted by Crippen LogP contribution is 2.14. The van der Waals surface area contributed by atoms with Crippen molar-refractivity contribution in [1.82, 2.24) is 0 Å². The van der Waals surface area contributed by atoms with Gasteiger partial charge in [0.15, 0.2) is 6.10 Å². The molecule has 0 aliphatic rings. The van der Waals surface area contributed by atoms with Crippen molar-refractivity contribution in [3.05, 3.63) is 122 Å². The van der Waals surface area contributed by atoms with Gasteiger partial charge in [0.1, 0.15) is 13.2 Å². The Morgan fingerprint density at radius 3 is 1.03 bits per heavy atom. The van der Waals surface area contributed by atoms with E-state index in [1.165, 1.54) is 64.2 Å². The maximum absolute atomic E-state index is 12.8. The summed E-state index contributed by atoms with van der Waals surface area (Å²) in [4.78, 5) is 37.9. The Kier molecular flexibility index (Phi) is 52.0. The Morgan fingerprint density at radius 1 is 0.309 bits per heavy atom. The minimum Gasteiger partial charge on any atom is -0.462 e. The number of rotatable bonds is 48.